The van der Waals surface area contributed by atoms with Crippen LogP contribution in [0.3, 0.4) is 0 Å². The van der Waals surface area contributed by atoms with Crippen LogP contribution in [0.25, 0.3) is 11.3 Å². The van der Waals surface area contributed by atoms with Gasteiger partial charge in [-0.3, -0.25) is 4.90 Å². The average molecular weight is 480 g/mol. The van der Waals surface area contributed by atoms with Gasteiger partial charge in [0.25, 0.3) is 0 Å². The van der Waals surface area contributed by atoms with Crippen molar-refractivity contribution in [3.8, 4) is 17.0 Å². The van der Waals surface area contributed by atoms with E-state index in [4.69, 9.17) is 9.26 Å². The topological polar surface area (TPSA) is 62.0 Å². The highest BCUT2D eigenvalue weighted by Crippen LogP contribution is 2.32. The molecule has 1 atom stereocenters. The van der Waals surface area contributed by atoms with E-state index >= 15 is 0 Å². The number of nitrogens with zero attached hydrogens (tertiary/aromatic N) is 3. The van der Waals surface area contributed by atoms with Crippen LogP contribution in [-0.4, -0.2) is 54.1 Å². The predicted molar refractivity (Wildman–Crippen MR) is 143 cm³/mol. The van der Waals surface area contributed by atoms with Gasteiger partial charge in [0.1, 0.15) is 24.2 Å². The number of anilines is 1. The number of para-hydroxylation sites is 1. The highest BCUT2D eigenvalue weighted by molar-refractivity contribution is 5.68. The molecule has 0 spiro atoms. The molecular weight excluding hydrogens is 438 g/mol. The smallest absolute Gasteiger partial charge is 0.232 e. The number of aromatic nitrogens is 1. The first kappa shape index (κ1) is 26.8. The standard InChI is InChI=1S/C29H41N3O3/c1-6-32(7-2)29-26(28(30-35-29)24-14-9-8-10-15-24)20-31(18-17-22(3)4)19-25(33)21-34-27-16-12-11-13-23(27)5/h8-16,22,25,33H,6-7,17-21H2,1-5H3. The number of ether oxygens (including phenoxy) is 1. The average Bonchev–Trinajstić information content (AvgIpc) is 3.26. The lowest BCUT2D eigenvalue weighted by atomic mass is 10.1. The molecule has 35 heavy (non-hydrogen) atoms. The zero-order valence-electron chi connectivity index (χ0n) is 21.9. The molecule has 1 unspecified atom stereocenters. The lowest BCUT2D eigenvalue weighted by molar-refractivity contribution is 0.0637. The molecule has 190 valence electrons. The minimum absolute atomic E-state index is 0.251. The molecule has 0 aliphatic carbocycles. The van der Waals surface area contributed by atoms with E-state index in [0.29, 0.717) is 19.0 Å². The van der Waals surface area contributed by atoms with Crippen molar-refractivity contribution in [1.82, 2.24) is 10.1 Å². The fourth-order valence-corrected chi connectivity index (χ4v) is 4.18. The third-order valence-electron chi connectivity index (χ3n) is 6.26. The minimum atomic E-state index is -0.612. The summed E-state index contributed by atoms with van der Waals surface area (Å²) >= 11 is 0. The molecule has 0 radical (unpaired) electrons. The van der Waals surface area contributed by atoms with Gasteiger partial charge < -0.3 is 19.3 Å². The lowest BCUT2D eigenvalue weighted by Gasteiger charge is -2.27. The van der Waals surface area contributed by atoms with Crippen molar-refractivity contribution in [3.05, 3.63) is 65.7 Å². The summed E-state index contributed by atoms with van der Waals surface area (Å²) in [6.45, 7) is 14.7. The van der Waals surface area contributed by atoms with Gasteiger partial charge >= 0.3 is 0 Å². The van der Waals surface area contributed by atoms with Crippen LogP contribution in [0.1, 0.15) is 45.2 Å². The van der Waals surface area contributed by atoms with Crippen LogP contribution in [0.15, 0.2) is 59.1 Å². The molecule has 0 aliphatic rings. The van der Waals surface area contributed by atoms with E-state index in [9.17, 15) is 5.11 Å². The molecule has 1 aromatic heterocycles. The van der Waals surface area contributed by atoms with Crippen LogP contribution >= 0.6 is 0 Å². The quantitative estimate of drug-likeness (QED) is 0.316. The first-order valence-electron chi connectivity index (χ1n) is 12.8. The number of aliphatic hydroxyl groups is 1. The van der Waals surface area contributed by atoms with Crippen molar-refractivity contribution in [2.45, 2.75) is 53.7 Å². The lowest BCUT2D eigenvalue weighted by Crippen LogP contribution is -2.37. The normalized spacial score (nSPS) is 12.3. The highest BCUT2D eigenvalue weighted by atomic mass is 16.5. The maximum Gasteiger partial charge on any atom is 0.232 e. The van der Waals surface area contributed by atoms with E-state index in [2.05, 4.69) is 54.8 Å². The van der Waals surface area contributed by atoms with Gasteiger partial charge in [-0.15, -0.1) is 0 Å². The molecule has 0 saturated carbocycles. The molecule has 1 N–H and O–H groups in total. The fraction of sp³-hybridized carbons (Fsp3) is 0.483. The Morgan fingerprint density at radius 1 is 1.00 bits per heavy atom. The summed E-state index contributed by atoms with van der Waals surface area (Å²) in [5.41, 5.74) is 4.04. The van der Waals surface area contributed by atoms with Crippen molar-refractivity contribution in [2.75, 3.05) is 37.7 Å². The van der Waals surface area contributed by atoms with E-state index in [1.807, 2.05) is 49.4 Å². The maximum atomic E-state index is 10.9. The van der Waals surface area contributed by atoms with Crippen LogP contribution in [0, 0.1) is 12.8 Å². The summed E-state index contributed by atoms with van der Waals surface area (Å²) in [4.78, 5) is 4.50. The van der Waals surface area contributed by atoms with Crippen molar-refractivity contribution in [1.29, 1.82) is 0 Å². The van der Waals surface area contributed by atoms with Crippen LogP contribution in [-0.2, 0) is 6.54 Å². The maximum absolute atomic E-state index is 10.9. The summed E-state index contributed by atoms with van der Waals surface area (Å²) in [5, 5.41) is 15.4. The second-order valence-electron chi connectivity index (χ2n) is 9.50. The minimum Gasteiger partial charge on any atom is -0.491 e. The highest BCUT2D eigenvalue weighted by Gasteiger charge is 2.24. The van der Waals surface area contributed by atoms with E-state index < -0.39 is 6.10 Å². The molecule has 0 bridgehead atoms. The van der Waals surface area contributed by atoms with Crippen molar-refractivity contribution >= 4 is 5.88 Å². The van der Waals surface area contributed by atoms with E-state index in [-0.39, 0.29) is 6.61 Å². The summed E-state index contributed by atoms with van der Waals surface area (Å²) in [6, 6.07) is 18.1. The molecule has 0 amide bonds. The Bertz CT molecular complexity index is 1020. The second kappa shape index (κ2) is 13.3. The Kier molecular flexibility index (Phi) is 10.2. The van der Waals surface area contributed by atoms with Gasteiger partial charge in [0.2, 0.25) is 5.88 Å². The van der Waals surface area contributed by atoms with E-state index in [1.54, 1.807) is 0 Å². The molecule has 2 aromatic carbocycles. The first-order chi connectivity index (χ1) is 16.9. The molecule has 0 saturated heterocycles. The van der Waals surface area contributed by atoms with Crippen LogP contribution in [0.2, 0.25) is 0 Å². The zero-order valence-corrected chi connectivity index (χ0v) is 21.9. The Morgan fingerprint density at radius 2 is 1.69 bits per heavy atom. The molecule has 6 heteroatoms. The van der Waals surface area contributed by atoms with Crippen molar-refractivity contribution in [3.63, 3.8) is 0 Å². The van der Waals surface area contributed by atoms with Crippen LogP contribution in [0.5, 0.6) is 5.75 Å². The van der Waals surface area contributed by atoms with Crippen LogP contribution in [0.4, 0.5) is 5.88 Å². The summed E-state index contributed by atoms with van der Waals surface area (Å²) in [5.74, 6) is 2.19. The Hall–Kier alpha value is -2.83. The number of aliphatic hydroxyl groups excluding tert-OH is 1. The molecule has 3 aromatic rings. The fourth-order valence-electron chi connectivity index (χ4n) is 4.18. The number of rotatable bonds is 14. The summed E-state index contributed by atoms with van der Waals surface area (Å²) in [6.07, 6.45) is 0.427. The second-order valence-corrected chi connectivity index (χ2v) is 9.50. The summed E-state index contributed by atoms with van der Waals surface area (Å²) < 4.78 is 11.8. The van der Waals surface area contributed by atoms with E-state index in [0.717, 1.165) is 60.1 Å². The predicted octanol–water partition coefficient (Wildman–Crippen LogP) is 5.78. The van der Waals surface area contributed by atoms with Gasteiger partial charge in [-0.2, -0.15) is 0 Å². The largest absolute Gasteiger partial charge is 0.491 e. The van der Waals surface area contributed by atoms with Crippen molar-refractivity contribution < 1.29 is 14.4 Å². The number of benzene rings is 2. The van der Waals surface area contributed by atoms with Gasteiger partial charge in [0.05, 0.1) is 5.56 Å². The number of hydrogen-bond donors (Lipinski definition) is 1. The van der Waals surface area contributed by atoms with Gasteiger partial charge in [-0.25, -0.2) is 0 Å². The molecule has 0 fully saturated rings. The van der Waals surface area contributed by atoms with E-state index in [1.165, 1.54) is 0 Å². The Morgan fingerprint density at radius 3 is 2.34 bits per heavy atom. The van der Waals surface area contributed by atoms with Gasteiger partial charge in [-0.1, -0.05) is 67.5 Å². The molecular formula is C29H41N3O3. The first-order valence-corrected chi connectivity index (χ1v) is 12.8. The monoisotopic (exact) mass is 479 g/mol. The molecule has 6 nitrogen and oxygen atoms in total. The van der Waals surface area contributed by atoms with Crippen molar-refractivity contribution in [2.24, 2.45) is 5.92 Å². The van der Waals surface area contributed by atoms with Gasteiger partial charge in [0, 0.05) is 31.7 Å². The molecule has 0 aliphatic heterocycles. The van der Waals surface area contributed by atoms with Gasteiger partial charge in [-0.05, 0) is 51.3 Å². The summed E-state index contributed by atoms with van der Waals surface area (Å²) in [7, 11) is 0. The van der Waals surface area contributed by atoms with Crippen LogP contribution < -0.4 is 9.64 Å². The third kappa shape index (κ3) is 7.58. The Balaban J connectivity index is 1.82. The zero-order chi connectivity index (χ0) is 25.2. The molecule has 3 rings (SSSR count). The third-order valence-corrected chi connectivity index (χ3v) is 6.26. The number of hydrogen-bond acceptors (Lipinski definition) is 6. The SMILES string of the molecule is CCN(CC)c1onc(-c2ccccc2)c1CN(CCC(C)C)CC(O)COc1ccccc1C. The molecule has 1 heterocycles. The number of aryl methyl sites for hydroxylation is 1. The van der Waals surface area contributed by atoms with Gasteiger partial charge in [0.15, 0.2) is 0 Å². The Labute approximate surface area is 210 Å².